The Hall–Kier alpha value is -1.85. The summed E-state index contributed by atoms with van der Waals surface area (Å²) < 4.78 is 25.8. The summed E-state index contributed by atoms with van der Waals surface area (Å²) in [4.78, 5) is 11.7. The van der Waals surface area contributed by atoms with Crippen LogP contribution in [-0.4, -0.2) is 20.0 Å². The van der Waals surface area contributed by atoms with Crippen LogP contribution in [0.15, 0.2) is 35.2 Å². The van der Waals surface area contributed by atoms with E-state index < -0.39 is 15.1 Å². The molecule has 0 spiro atoms. The van der Waals surface area contributed by atoms with Gasteiger partial charge in [0, 0.05) is 16.3 Å². The molecule has 0 radical (unpaired) electrons. The maximum absolute atomic E-state index is 12.9. The molecule has 0 aromatic heterocycles. The molecule has 0 saturated heterocycles. The first-order valence-electron chi connectivity index (χ1n) is 7.70. The zero-order valence-electron chi connectivity index (χ0n) is 13.3. The Morgan fingerprint density at radius 3 is 2.54 bits per heavy atom. The summed E-state index contributed by atoms with van der Waals surface area (Å²) in [6, 6.07) is 8.15. The van der Waals surface area contributed by atoms with E-state index in [0.717, 1.165) is 23.0 Å². The van der Waals surface area contributed by atoms with Gasteiger partial charge in [0.15, 0.2) is 16.1 Å². The molecule has 0 aliphatic heterocycles. The summed E-state index contributed by atoms with van der Waals surface area (Å²) in [5, 5.41) is -0.00151. The van der Waals surface area contributed by atoms with E-state index in [-0.39, 0.29) is 4.90 Å². The van der Waals surface area contributed by atoms with Gasteiger partial charge in [-0.2, -0.15) is 0 Å². The fourth-order valence-corrected chi connectivity index (χ4v) is 5.17. The second-order valence-electron chi connectivity index (χ2n) is 6.14. The van der Waals surface area contributed by atoms with Crippen molar-refractivity contribution in [1.29, 1.82) is 0 Å². The van der Waals surface area contributed by atoms with Crippen LogP contribution in [0.5, 0.6) is 0 Å². The molecule has 1 aliphatic rings. The maximum atomic E-state index is 12.9. The SMILES string of the molecule is Cc1cc2c(c(C=O)c1N)CCC(S(=O)(=O)c1ccc(Cl)cc1)C2. The average Bonchev–Trinajstić information content (AvgIpc) is 2.56. The average molecular weight is 364 g/mol. The number of aryl methyl sites for hydroxylation is 1. The number of hydrogen-bond donors (Lipinski definition) is 1. The number of carbonyl (C=O) groups excluding carboxylic acids is 1. The van der Waals surface area contributed by atoms with Crippen molar-refractivity contribution in [3.63, 3.8) is 0 Å². The fourth-order valence-electron chi connectivity index (χ4n) is 3.32. The van der Waals surface area contributed by atoms with Crippen molar-refractivity contribution in [2.75, 3.05) is 5.73 Å². The van der Waals surface area contributed by atoms with Gasteiger partial charge in [0.25, 0.3) is 0 Å². The van der Waals surface area contributed by atoms with Gasteiger partial charge in [-0.1, -0.05) is 17.7 Å². The van der Waals surface area contributed by atoms with Crippen LogP contribution in [-0.2, 0) is 22.7 Å². The summed E-state index contributed by atoms with van der Waals surface area (Å²) in [6.07, 6.45) is 2.17. The molecular weight excluding hydrogens is 346 g/mol. The molecule has 0 heterocycles. The Bertz CT molecular complexity index is 905. The van der Waals surface area contributed by atoms with E-state index in [1.165, 1.54) is 12.1 Å². The van der Waals surface area contributed by atoms with E-state index in [4.69, 9.17) is 17.3 Å². The van der Waals surface area contributed by atoms with Gasteiger partial charge in [-0.3, -0.25) is 4.79 Å². The minimum atomic E-state index is -3.44. The van der Waals surface area contributed by atoms with Gasteiger partial charge in [0.1, 0.15) is 0 Å². The number of rotatable bonds is 3. The molecular formula is C18H18ClNO3S. The number of nitrogens with two attached hydrogens (primary N) is 1. The number of anilines is 1. The first-order valence-corrected chi connectivity index (χ1v) is 9.62. The highest BCUT2D eigenvalue weighted by atomic mass is 35.5. The molecule has 2 aromatic carbocycles. The highest BCUT2D eigenvalue weighted by Crippen LogP contribution is 2.34. The summed E-state index contributed by atoms with van der Waals surface area (Å²) >= 11 is 5.84. The van der Waals surface area contributed by atoms with Crippen LogP contribution in [0.25, 0.3) is 0 Å². The Labute approximate surface area is 146 Å². The third kappa shape index (κ3) is 2.82. The quantitative estimate of drug-likeness (QED) is 0.670. The number of sulfone groups is 1. The molecule has 6 heteroatoms. The van der Waals surface area contributed by atoms with Gasteiger partial charge < -0.3 is 5.73 Å². The molecule has 0 fully saturated rings. The fraction of sp³-hybridized carbons (Fsp3) is 0.278. The van der Waals surface area contributed by atoms with Crippen molar-refractivity contribution in [3.05, 3.63) is 57.6 Å². The third-order valence-electron chi connectivity index (χ3n) is 4.68. The van der Waals surface area contributed by atoms with E-state index >= 15 is 0 Å². The summed E-state index contributed by atoms with van der Waals surface area (Å²) in [5.74, 6) is 0. The van der Waals surface area contributed by atoms with E-state index in [2.05, 4.69) is 0 Å². The minimum Gasteiger partial charge on any atom is -0.398 e. The van der Waals surface area contributed by atoms with Crippen LogP contribution in [0.1, 0.15) is 33.5 Å². The lowest BCUT2D eigenvalue weighted by Gasteiger charge is -2.27. The van der Waals surface area contributed by atoms with Crippen LogP contribution in [0.3, 0.4) is 0 Å². The van der Waals surface area contributed by atoms with Gasteiger partial charge in [0.05, 0.1) is 10.1 Å². The number of nitrogen functional groups attached to an aromatic ring is 1. The van der Waals surface area contributed by atoms with E-state index in [0.29, 0.717) is 35.5 Å². The molecule has 0 saturated carbocycles. The van der Waals surface area contributed by atoms with Gasteiger partial charge in [-0.05, 0) is 67.1 Å². The van der Waals surface area contributed by atoms with Crippen LogP contribution < -0.4 is 5.73 Å². The number of benzene rings is 2. The number of halogens is 1. The molecule has 4 nitrogen and oxygen atoms in total. The van der Waals surface area contributed by atoms with E-state index in [9.17, 15) is 13.2 Å². The van der Waals surface area contributed by atoms with Crippen molar-refractivity contribution in [2.24, 2.45) is 0 Å². The van der Waals surface area contributed by atoms with Crippen molar-refractivity contribution in [1.82, 2.24) is 0 Å². The van der Waals surface area contributed by atoms with Gasteiger partial charge in [-0.15, -0.1) is 0 Å². The lowest BCUT2D eigenvalue weighted by atomic mass is 9.86. The second kappa shape index (κ2) is 6.22. The maximum Gasteiger partial charge on any atom is 0.181 e. The standard InChI is InChI=1S/C18H18ClNO3S/c1-11-8-12-9-15(6-7-16(12)17(10-21)18(11)20)24(22,23)14-4-2-13(19)3-5-14/h2-5,8,10,15H,6-7,9,20H2,1H3. The van der Waals surface area contributed by atoms with Crippen LogP contribution in [0, 0.1) is 6.92 Å². The van der Waals surface area contributed by atoms with Crippen molar-refractivity contribution < 1.29 is 13.2 Å². The Morgan fingerprint density at radius 2 is 1.92 bits per heavy atom. The third-order valence-corrected chi connectivity index (χ3v) is 7.14. The minimum absolute atomic E-state index is 0.281. The van der Waals surface area contributed by atoms with Crippen LogP contribution in [0.2, 0.25) is 5.02 Å². The van der Waals surface area contributed by atoms with Crippen molar-refractivity contribution >= 4 is 33.4 Å². The Morgan fingerprint density at radius 1 is 1.25 bits per heavy atom. The summed E-state index contributed by atoms with van der Waals surface area (Å²) in [7, 11) is -3.44. The van der Waals surface area contributed by atoms with Gasteiger partial charge in [0.2, 0.25) is 0 Å². The smallest absolute Gasteiger partial charge is 0.181 e. The van der Waals surface area contributed by atoms with Crippen LogP contribution >= 0.6 is 11.6 Å². The van der Waals surface area contributed by atoms with Gasteiger partial charge in [-0.25, -0.2) is 8.42 Å². The Balaban J connectivity index is 1.99. The molecule has 0 amide bonds. The number of fused-ring (bicyclic) bond motifs is 1. The molecule has 1 unspecified atom stereocenters. The molecule has 3 rings (SSSR count). The number of aldehydes is 1. The summed E-state index contributed by atoms with van der Waals surface area (Å²) in [5.41, 5.74) is 9.57. The number of carbonyl (C=O) groups is 1. The monoisotopic (exact) mass is 363 g/mol. The highest BCUT2D eigenvalue weighted by Gasteiger charge is 2.32. The van der Waals surface area contributed by atoms with Crippen molar-refractivity contribution in [3.8, 4) is 0 Å². The normalized spacial score (nSPS) is 17.3. The largest absolute Gasteiger partial charge is 0.398 e. The molecule has 1 aliphatic carbocycles. The molecule has 126 valence electrons. The van der Waals surface area contributed by atoms with E-state index in [1.54, 1.807) is 12.1 Å². The molecule has 2 aromatic rings. The van der Waals surface area contributed by atoms with Crippen LogP contribution in [0.4, 0.5) is 5.69 Å². The molecule has 24 heavy (non-hydrogen) atoms. The first-order chi connectivity index (χ1) is 11.3. The van der Waals surface area contributed by atoms with Crippen molar-refractivity contribution in [2.45, 2.75) is 36.3 Å². The molecule has 0 bridgehead atoms. The second-order valence-corrected chi connectivity index (χ2v) is 8.80. The summed E-state index contributed by atoms with van der Waals surface area (Å²) in [6.45, 7) is 1.83. The topological polar surface area (TPSA) is 77.2 Å². The van der Waals surface area contributed by atoms with Gasteiger partial charge >= 0.3 is 0 Å². The predicted molar refractivity (Wildman–Crippen MR) is 95.4 cm³/mol. The highest BCUT2D eigenvalue weighted by molar-refractivity contribution is 7.92. The zero-order chi connectivity index (χ0) is 17.5. The zero-order valence-corrected chi connectivity index (χ0v) is 14.8. The Kier molecular flexibility index (Phi) is 4.40. The first kappa shape index (κ1) is 17.0. The number of hydrogen-bond acceptors (Lipinski definition) is 4. The predicted octanol–water partition coefficient (Wildman–Crippen LogP) is 3.37. The molecule has 1 atom stereocenters. The van der Waals surface area contributed by atoms with E-state index in [1.807, 2.05) is 13.0 Å². The lowest BCUT2D eigenvalue weighted by Crippen LogP contribution is -2.29. The lowest BCUT2D eigenvalue weighted by molar-refractivity contribution is 0.112. The molecule has 2 N–H and O–H groups in total.